The average Bonchev–Trinajstić information content (AvgIpc) is 2.83. The van der Waals surface area contributed by atoms with Gasteiger partial charge >= 0.3 is 0 Å². The number of nitrogens with zero attached hydrogens (tertiary/aromatic N) is 2. The highest BCUT2D eigenvalue weighted by Gasteiger charge is 2.37. The Morgan fingerprint density at radius 2 is 1.39 bits per heavy atom. The van der Waals surface area contributed by atoms with E-state index in [1.54, 1.807) is 0 Å². The van der Waals surface area contributed by atoms with Gasteiger partial charge in [0.05, 0.1) is 11.7 Å². The standard InChI is InChI=1S/C27H27ClN2O/c28-25-13-11-24(12-14-25)27(31)16-19-30(20-17-27)18-15-26(21-29,22-7-3-1-4-8-22)23-9-5-2-6-10-23/h1-14,31H,15-20H2. The van der Waals surface area contributed by atoms with Crippen LogP contribution in [0, 0.1) is 11.3 Å². The van der Waals surface area contributed by atoms with Gasteiger partial charge in [-0.15, -0.1) is 0 Å². The van der Waals surface area contributed by atoms with Crippen molar-refractivity contribution in [2.45, 2.75) is 30.3 Å². The van der Waals surface area contributed by atoms with Crippen molar-refractivity contribution in [2.24, 2.45) is 0 Å². The number of aliphatic hydroxyl groups is 1. The van der Waals surface area contributed by atoms with Crippen LogP contribution in [0.5, 0.6) is 0 Å². The van der Waals surface area contributed by atoms with Gasteiger partial charge in [-0.25, -0.2) is 0 Å². The van der Waals surface area contributed by atoms with Crippen molar-refractivity contribution in [3.05, 3.63) is 107 Å². The first kappa shape index (κ1) is 21.6. The Kier molecular flexibility index (Phi) is 6.43. The Balaban J connectivity index is 1.49. The van der Waals surface area contributed by atoms with Crippen LogP contribution in [-0.4, -0.2) is 29.6 Å². The van der Waals surface area contributed by atoms with Crippen LogP contribution in [-0.2, 0) is 11.0 Å². The Labute approximate surface area is 189 Å². The Morgan fingerprint density at radius 3 is 1.87 bits per heavy atom. The SMILES string of the molecule is N#CC(CCN1CCC(O)(c2ccc(Cl)cc2)CC1)(c1ccccc1)c1ccccc1. The molecule has 4 rings (SSSR count). The van der Waals surface area contributed by atoms with Gasteiger partial charge in [0, 0.05) is 24.7 Å². The van der Waals surface area contributed by atoms with E-state index in [0.717, 1.165) is 36.3 Å². The molecular formula is C27H27ClN2O. The smallest absolute Gasteiger partial charge is 0.108 e. The molecule has 1 aliphatic heterocycles. The maximum atomic E-state index is 11.2. The summed E-state index contributed by atoms with van der Waals surface area (Å²) in [5, 5.41) is 22.2. The van der Waals surface area contributed by atoms with Gasteiger partial charge in [0.25, 0.3) is 0 Å². The maximum absolute atomic E-state index is 11.2. The molecule has 0 aliphatic carbocycles. The van der Waals surface area contributed by atoms with Crippen molar-refractivity contribution >= 4 is 11.6 Å². The molecule has 0 radical (unpaired) electrons. The molecule has 3 aromatic rings. The molecule has 0 aromatic heterocycles. The molecule has 3 aromatic carbocycles. The quantitative estimate of drug-likeness (QED) is 0.559. The second kappa shape index (κ2) is 9.24. The minimum absolute atomic E-state index is 0.671. The van der Waals surface area contributed by atoms with E-state index in [4.69, 9.17) is 11.6 Å². The predicted molar refractivity (Wildman–Crippen MR) is 125 cm³/mol. The van der Waals surface area contributed by atoms with Crippen LogP contribution >= 0.6 is 11.6 Å². The third-order valence-electron chi connectivity index (χ3n) is 6.59. The van der Waals surface area contributed by atoms with Crippen LogP contribution in [0.15, 0.2) is 84.9 Å². The van der Waals surface area contributed by atoms with Crippen LogP contribution in [0.1, 0.15) is 36.0 Å². The van der Waals surface area contributed by atoms with Crippen LogP contribution in [0.2, 0.25) is 5.02 Å². The number of hydrogen-bond acceptors (Lipinski definition) is 3. The molecular weight excluding hydrogens is 404 g/mol. The minimum atomic E-state index is -0.813. The van der Waals surface area contributed by atoms with E-state index in [-0.39, 0.29) is 0 Å². The van der Waals surface area contributed by atoms with E-state index in [0.29, 0.717) is 24.3 Å². The number of piperidine rings is 1. The zero-order chi connectivity index (χ0) is 21.7. The molecule has 0 amide bonds. The Bertz CT molecular complexity index is 981. The number of halogens is 1. The van der Waals surface area contributed by atoms with Gasteiger partial charge in [0.2, 0.25) is 0 Å². The van der Waals surface area contributed by atoms with Gasteiger partial charge in [0.15, 0.2) is 0 Å². The lowest BCUT2D eigenvalue weighted by Gasteiger charge is -2.40. The van der Waals surface area contributed by atoms with E-state index < -0.39 is 11.0 Å². The normalized spacial score (nSPS) is 16.5. The highest BCUT2D eigenvalue weighted by molar-refractivity contribution is 6.30. The average molecular weight is 431 g/mol. The summed E-state index contributed by atoms with van der Waals surface area (Å²) in [6, 6.07) is 30.3. The lowest BCUT2D eigenvalue weighted by atomic mass is 9.73. The number of nitriles is 1. The largest absolute Gasteiger partial charge is 0.385 e. The zero-order valence-electron chi connectivity index (χ0n) is 17.5. The summed E-state index contributed by atoms with van der Waals surface area (Å²) in [5.74, 6) is 0. The highest BCUT2D eigenvalue weighted by Crippen LogP contribution is 2.37. The molecule has 0 saturated carbocycles. The molecule has 0 bridgehead atoms. The van der Waals surface area contributed by atoms with Crippen LogP contribution in [0.25, 0.3) is 0 Å². The van der Waals surface area contributed by atoms with Crippen molar-refractivity contribution in [1.82, 2.24) is 4.90 Å². The van der Waals surface area contributed by atoms with Crippen molar-refractivity contribution in [3.63, 3.8) is 0 Å². The molecule has 1 saturated heterocycles. The fourth-order valence-electron chi connectivity index (χ4n) is 4.61. The summed E-state index contributed by atoms with van der Waals surface area (Å²) in [4.78, 5) is 2.36. The second-order valence-corrected chi connectivity index (χ2v) is 8.82. The van der Waals surface area contributed by atoms with Crippen molar-refractivity contribution in [3.8, 4) is 6.07 Å². The van der Waals surface area contributed by atoms with Crippen LogP contribution in [0.4, 0.5) is 0 Å². The van der Waals surface area contributed by atoms with Gasteiger partial charge in [-0.1, -0.05) is 84.4 Å². The van der Waals surface area contributed by atoms with Crippen molar-refractivity contribution in [2.75, 3.05) is 19.6 Å². The van der Waals surface area contributed by atoms with Crippen LogP contribution in [0.3, 0.4) is 0 Å². The van der Waals surface area contributed by atoms with Gasteiger partial charge < -0.3 is 10.0 Å². The van der Waals surface area contributed by atoms with Gasteiger partial charge in [-0.05, 0) is 48.1 Å². The number of likely N-dealkylation sites (tertiary alicyclic amines) is 1. The van der Waals surface area contributed by atoms with E-state index in [9.17, 15) is 10.4 Å². The van der Waals surface area contributed by atoms with Crippen molar-refractivity contribution in [1.29, 1.82) is 5.26 Å². The highest BCUT2D eigenvalue weighted by atomic mass is 35.5. The molecule has 4 heteroatoms. The lowest BCUT2D eigenvalue weighted by molar-refractivity contribution is -0.0265. The number of hydrogen-bond donors (Lipinski definition) is 1. The summed E-state index contributed by atoms with van der Waals surface area (Å²) in [6.45, 7) is 2.39. The Hall–Kier alpha value is -2.64. The number of rotatable bonds is 6. The fourth-order valence-corrected chi connectivity index (χ4v) is 4.73. The third kappa shape index (κ3) is 4.52. The maximum Gasteiger partial charge on any atom is 0.108 e. The molecule has 3 nitrogen and oxygen atoms in total. The first-order valence-electron chi connectivity index (χ1n) is 10.8. The molecule has 1 N–H and O–H groups in total. The fraction of sp³-hybridized carbons (Fsp3) is 0.296. The van der Waals surface area contributed by atoms with Gasteiger partial charge in [-0.2, -0.15) is 5.26 Å². The first-order chi connectivity index (χ1) is 15.1. The number of benzene rings is 3. The van der Waals surface area contributed by atoms with E-state index >= 15 is 0 Å². The zero-order valence-corrected chi connectivity index (χ0v) is 18.3. The van der Waals surface area contributed by atoms with E-state index in [1.807, 2.05) is 84.9 Å². The molecule has 1 fully saturated rings. The summed E-state index contributed by atoms with van der Waals surface area (Å²) >= 11 is 6.00. The van der Waals surface area contributed by atoms with E-state index in [2.05, 4.69) is 11.0 Å². The molecule has 158 valence electrons. The van der Waals surface area contributed by atoms with Crippen LogP contribution < -0.4 is 0 Å². The molecule has 31 heavy (non-hydrogen) atoms. The van der Waals surface area contributed by atoms with Crippen molar-refractivity contribution < 1.29 is 5.11 Å². The summed E-state index contributed by atoms with van der Waals surface area (Å²) in [5.41, 5.74) is 1.48. The molecule has 0 spiro atoms. The Morgan fingerprint density at radius 1 is 0.871 bits per heavy atom. The third-order valence-corrected chi connectivity index (χ3v) is 6.84. The van der Waals surface area contributed by atoms with Gasteiger partial charge in [0.1, 0.15) is 5.41 Å². The monoisotopic (exact) mass is 430 g/mol. The molecule has 1 heterocycles. The van der Waals surface area contributed by atoms with Gasteiger partial charge in [-0.3, -0.25) is 0 Å². The van der Waals surface area contributed by atoms with E-state index in [1.165, 1.54) is 0 Å². The second-order valence-electron chi connectivity index (χ2n) is 8.38. The summed E-state index contributed by atoms with van der Waals surface area (Å²) in [6.07, 6.45) is 2.05. The summed E-state index contributed by atoms with van der Waals surface area (Å²) < 4.78 is 0. The topological polar surface area (TPSA) is 47.3 Å². The first-order valence-corrected chi connectivity index (χ1v) is 11.2. The molecule has 1 aliphatic rings. The molecule has 0 unspecified atom stereocenters. The predicted octanol–water partition coefficient (Wildman–Crippen LogP) is 5.52. The summed E-state index contributed by atoms with van der Waals surface area (Å²) in [7, 11) is 0. The molecule has 0 atom stereocenters. The lowest BCUT2D eigenvalue weighted by Crippen LogP contribution is -2.44. The minimum Gasteiger partial charge on any atom is -0.385 e.